The van der Waals surface area contributed by atoms with E-state index in [-0.39, 0.29) is 12.1 Å². The van der Waals surface area contributed by atoms with E-state index in [9.17, 15) is 23.5 Å². The molecule has 0 heterocycles. The van der Waals surface area contributed by atoms with Gasteiger partial charge in [0.2, 0.25) is 5.91 Å². The second kappa shape index (κ2) is 6.85. The molecule has 4 nitrogen and oxygen atoms in total. The van der Waals surface area contributed by atoms with E-state index in [0.717, 1.165) is 31.4 Å². The van der Waals surface area contributed by atoms with Gasteiger partial charge in [0.1, 0.15) is 11.6 Å². The highest BCUT2D eigenvalue weighted by atomic mass is 19.1. The van der Waals surface area contributed by atoms with Crippen molar-refractivity contribution in [3.8, 4) is 0 Å². The second-order valence-corrected chi connectivity index (χ2v) is 5.80. The van der Waals surface area contributed by atoms with Crippen LogP contribution in [0.15, 0.2) is 18.2 Å². The van der Waals surface area contributed by atoms with Gasteiger partial charge in [0.05, 0.1) is 11.8 Å². The van der Waals surface area contributed by atoms with Gasteiger partial charge < -0.3 is 10.4 Å². The first-order chi connectivity index (χ1) is 10.4. The van der Waals surface area contributed by atoms with E-state index >= 15 is 0 Å². The molecular formula is C16H19F2NO3. The maximum atomic E-state index is 13.5. The minimum atomic E-state index is -0.957. The van der Waals surface area contributed by atoms with Crippen molar-refractivity contribution in [3.63, 3.8) is 0 Å². The molecule has 1 saturated carbocycles. The lowest BCUT2D eigenvalue weighted by Crippen LogP contribution is -2.44. The normalized spacial score (nSPS) is 17.0. The third-order valence-corrected chi connectivity index (χ3v) is 4.29. The average molecular weight is 311 g/mol. The number of nitrogens with one attached hydrogen (secondary N) is 1. The zero-order valence-electron chi connectivity index (χ0n) is 12.2. The van der Waals surface area contributed by atoms with Crippen LogP contribution in [0.1, 0.15) is 37.7 Å². The van der Waals surface area contributed by atoms with E-state index < -0.39 is 35.3 Å². The van der Waals surface area contributed by atoms with Crippen LogP contribution in [-0.4, -0.2) is 23.5 Å². The molecule has 0 aromatic heterocycles. The number of hydrogen-bond acceptors (Lipinski definition) is 2. The van der Waals surface area contributed by atoms with Gasteiger partial charge in [-0.15, -0.1) is 0 Å². The molecule has 120 valence electrons. The molecule has 1 aromatic rings. The monoisotopic (exact) mass is 311 g/mol. The Morgan fingerprint density at radius 3 is 2.27 bits per heavy atom. The summed E-state index contributed by atoms with van der Waals surface area (Å²) in [6.45, 7) is -0.00274. The van der Waals surface area contributed by atoms with Crippen molar-refractivity contribution in [2.24, 2.45) is 5.41 Å². The molecule has 1 aliphatic rings. The van der Waals surface area contributed by atoms with Gasteiger partial charge in [-0.1, -0.05) is 25.3 Å². The van der Waals surface area contributed by atoms with E-state index in [1.54, 1.807) is 0 Å². The number of amides is 1. The molecule has 0 spiro atoms. The number of carbonyl (C=O) groups is 2. The summed E-state index contributed by atoms with van der Waals surface area (Å²) in [5.41, 5.74) is -1.25. The van der Waals surface area contributed by atoms with Crippen LogP contribution in [0.2, 0.25) is 0 Å². The SMILES string of the molecule is O=C(Cc1c(F)cccc1F)NCC1(C(=O)O)CCCCC1. The number of carbonyl (C=O) groups excluding carboxylic acids is 1. The molecule has 1 aromatic carbocycles. The van der Waals surface area contributed by atoms with Crippen molar-refractivity contribution in [2.75, 3.05) is 6.54 Å². The summed E-state index contributed by atoms with van der Waals surface area (Å²) in [7, 11) is 0. The topological polar surface area (TPSA) is 66.4 Å². The van der Waals surface area contributed by atoms with Crippen LogP contribution in [0.5, 0.6) is 0 Å². The van der Waals surface area contributed by atoms with Gasteiger partial charge in [0.15, 0.2) is 0 Å². The van der Waals surface area contributed by atoms with E-state index in [1.807, 2.05) is 0 Å². The highest BCUT2D eigenvalue weighted by molar-refractivity contribution is 5.80. The molecule has 0 radical (unpaired) electrons. The van der Waals surface area contributed by atoms with Crippen molar-refractivity contribution in [1.82, 2.24) is 5.32 Å². The third-order valence-electron chi connectivity index (χ3n) is 4.29. The van der Waals surface area contributed by atoms with Crippen LogP contribution >= 0.6 is 0 Å². The summed E-state index contributed by atoms with van der Waals surface area (Å²) in [4.78, 5) is 23.4. The van der Waals surface area contributed by atoms with Gasteiger partial charge in [-0.05, 0) is 25.0 Å². The quantitative estimate of drug-likeness (QED) is 0.878. The number of carboxylic acids is 1. The van der Waals surface area contributed by atoms with Gasteiger partial charge in [0, 0.05) is 12.1 Å². The fraction of sp³-hybridized carbons (Fsp3) is 0.500. The van der Waals surface area contributed by atoms with Gasteiger partial charge in [-0.25, -0.2) is 8.78 Å². The highest BCUT2D eigenvalue weighted by Gasteiger charge is 2.39. The lowest BCUT2D eigenvalue weighted by atomic mass is 9.74. The van der Waals surface area contributed by atoms with Crippen LogP contribution < -0.4 is 5.32 Å². The first-order valence-electron chi connectivity index (χ1n) is 7.38. The van der Waals surface area contributed by atoms with Crippen LogP contribution in [-0.2, 0) is 16.0 Å². The molecule has 0 atom stereocenters. The lowest BCUT2D eigenvalue weighted by molar-refractivity contribution is -0.151. The number of hydrogen-bond donors (Lipinski definition) is 2. The van der Waals surface area contributed by atoms with Crippen LogP contribution in [0.4, 0.5) is 8.78 Å². The summed E-state index contributed by atoms with van der Waals surface area (Å²) in [6, 6.07) is 3.41. The van der Waals surface area contributed by atoms with Crippen LogP contribution in [0.3, 0.4) is 0 Å². The Kier molecular flexibility index (Phi) is 5.11. The number of aliphatic carboxylic acids is 1. The predicted molar refractivity (Wildman–Crippen MR) is 76.2 cm³/mol. The van der Waals surface area contributed by atoms with Crippen molar-refractivity contribution >= 4 is 11.9 Å². The first-order valence-corrected chi connectivity index (χ1v) is 7.38. The zero-order valence-corrected chi connectivity index (χ0v) is 12.2. The molecule has 1 amide bonds. The van der Waals surface area contributed by atoms with Crippen molar-refractivity contribution in [3.05, 3.63) is 35.4 Å². The fourth-order valence-electron chi connectivity index (χ4n) is 2.89. The molecule has 1 aliphatic carbocycles. The minimum Gasteiger partial charge on any atom is -0.481 e. The standard InChI is InChI=1S/C16H19F2NO3/c17-12-5-4-6-13(18)11(12)9-14(20)19-10-16(15(21)22)7-2-1-3-8-16/h4-6H,1-3,7-10H2,(H,19,20)(H,21,22). The van der Waals surface area contributed by atoms with Gasteiger partial charge in [-0.2, -0.15) is 0 Å². The number of rotatable bonds is 5. The van der Waals surface area contributed by atoms with Crippen LogP contribution in [0, 0.1) is 17.0 Å². The van der Waals surface area contributed by atoms with Crippen molar-refractivity contribution < 1.29 is 23.5 Å². The van der Waals surface area contributed by atoms with E-state index in [0.29, 0.717) is 12.8 Å². The third kappa shape index (κ3) is 3.61. The highest BCUT2D eigenvalue weighted by Crippen LogP contribution is 2.36. The minimum absolute atomic E-state index is 0.00274. The number of halogens is 2. The smallest absolute Gasteiger partial charge is 0.311 e. The van der Waals surface area contributed by atoms with Crippen molar-refractivity contribution in [1.29, 1.82) is 0 Å². The van der Waals surface area contributed by atoms with Gasteiger partial charge >= 0.3 is 5.97 Å². The van der Waals surface area contributed by atoms with E-state index in [2.05, 4.69) is 5.32 Å². The van der Waals surface area contributed by atoms with Gasteiger partial charge in [0.25, 0.3) is 0 Å². The molecule has 0 bridgehead atoms. The van der Waals surface area contributed by atoms with Crippen LogP contribution in [0.25, 0.3) is 0 Å². The predicted octanol–water partition coefficient (Wildman–Crippen LogP) is 2.66. The summed E-state index contributed by atoms with van der Waals surface area (Å²) in [6.07, 6.45) is 3.19. The summed E-state index contributed by atoms with van der Waals surface area (Å²) < 4.78 is 27.0. The Hall–Kier alpha value is -1.98. The summed E-state index contributed by atoms with van der Waals surface area (Å²) in [5, 5.41) is 11.9. The number of carboxylic acid groups (broad SMARTS) is 1. The van der Waals surface area contributed by atoms with Crippen molar-refractivity contribution in [2.45, 2.75) is 38.5 Å². The molecule has 2 rings (SSSR count). The zero-order chi connectivity index (χ0) is 16.2. The Labute approximate surface area is 127 Å². The van der Waals surface area contributed by atoms with E-state index in [4.69, 9.17) is 0 Å². The largest absolute Gasteiger partial charge is 0.481 e. The summed E-state index contributed by atoms with van der Waals surface area (Å²) >= 11 is 0. The Morgan fingerprint density at radius 1 is 1.14 bits per heavy atom. The Balaban J connectivity index is 1.98. The maximum Gasteiger partial charge on any atom is 0.311 e. The average Bonchev–Trinajstić information content (AvgIpc) is 2.50. The first kappa shape index (κ1) is 16.4. The second-order valence-electron chi connectivity index (χ2n) is 5.80. The van der Waals surface area contributed by atoms with Gasteiger partial charge in [-0.3, -0.25) is 9.59 Å². The lowest BCUT2D eigenvalue weighted by Gasteiger charge is -2.33. The van der Waals surface area contributed by atoms with E-state index in [1.165, 1.54) is 6.07 Å². The fourth-order valence-corrected chi connectivity index (χ4v) is 2.89. The Morgan fingerprint density at radius 2 is 1.73 bits per heavy atom. The molecule has 0 aliphatic heterocycles. The molecule has 0 saturated heterocycles. The molecule has 6 heteroatoms. The number of benzene rings is 1. The Bertz CT molecular complexity index is 548. The molecular weight excluding hydrogens is 292 g/mol. The summed E-state index contributed by atoms with van der Waals surface area (Å²) in [5.74, 6) is -3.05. The molecule has 22 heavy (non-hydrogen) atoms. The molecule has 1 fully saturated rings. The maximum absolute atomic E-state index is 13.5. The molecule has 2 N–H and O–H groups in total. The molecule has 0 unspecified atom stereocenters.